The second kappa shape index (κ2) is 9.06. The van der Waals surface area contributed by atoms with Gasteiger partial charge in [-0.1, -0.05) is 72.8 Å². The molecule has 0 aliphatic heterocycles. The molecule has 27 heavy (non-hydrogen) atoms. The van der Waals surface area contributed by atoms with Crippen LogP contribution in [-0.2, 0) is 6.42 Å². The van der Waals surface area contributed by atoms with Gasteiger partial charge in [0.25, 0.3) is 0 Å². The Morgan fingerprint density at radius 3 is 2.07 bits per heavy atom. The molecule has 0 spiro atoms. The highest BCUT2D eigenvalue weighted by Gasteiger charge is 2.18. The zero-order valence-corrected chi connectivity index (χ0v) is 15.6. The Hall–Kier alpha value is -3.04. The van der Waals surface area contributed by atoms with Crippen LogP contribution in [0.3, 0.4) is 0 Å². The van der Waals surface area contributed by atoms with Crippen LogP contribution >= 0.6 is 0 Å². The van der Waals surface area contributed by atoms with Crippen LogP contribution in [0.4, 0.5) is 0 Å². The number of methoxy groups -OCH3 is 2. The summed E-state index contributed by atoms with van der Waals surface area (Å²) in [5, 5.41) is 11.0. The van der Waals surface area contributed by atoms with E-state index >= 15 is 0 Å². The number of aliphatic hydroxyl groups is 1. The zero-order valence-electron chi connectivity index (χ0n) is 15.6. The van der Waals surface area contributed by atoms with Crippen LogP contribution in [0.1, 0.15) is 28.4 Å². The molecule has 3 rings (SSSR count). The average Bonchev–Trinajstić information content (AvgIpc) is 2.74. The molecule has 3 heteroatoms. The molecule has 0 saturated carbocycles. The van der Waals surface area contributed by atoms with Gasteiger partial charge in [0.1, 0.15) is 6.10 Å². The van der Waals surface area contributed by atoms with Gasteiger partial charge < -0.3 is 14.6 Å². The molecule has 0 radical (unpaired) electrons. The Kier molecular flexibility index (Phi) is 6.29. The molecule has 0 fully saturated rings. The van der Waals surface area contributed by atoms with Crippen molar-refractivity contribution in [1.82, 2.24) is 0 Å². The number of rotatable bonds is 7. The van der Waals surface area contributed by atoms with Crippen molar-refractivity contribution in [3.8, 4) is 11.5 Å². The van der Waals surface area contributed by atoms with Crippen molar-refractivity contribution in [1.29, 1.82) is 0 Å². The molecular formula is C24H24O3. The van der Waals surface area contributed by atoms with Gasteiger partial charge in [0.2, 0.25) is 0 Å². The average molecular weight is 360 g/mol. The van der Waals surface area contributed by atoms with Gasteiger partial charge in [-0.2, -0.15) is 0 Å². The van der Waals surface area contributed by atoms with E-state index in [-0.39, 0.29) is 0 Å². The van der Waals surface area contributed by atoms with Gasteiger partial charge in [-0.25, -0.2) is 0 Å². The minimum Gasteiger partial charge on any atom is -0.493 e. The second-order valence-electron chi connectivity index (χ2n) is 6.24. The van der Waals surface area contributed by atoms with E-state index in [9.17, 15) is 5.11 Å². The summed E-state index contributed by atoms with van der Waals surface area (Å²) in [4.78, 5) is 0. The first-order chi connectivity index (χ1) is 13.2. The lowest BCUT2D eigenvalue weighted by Gasteiger charge is -2.18. The van der Waals surface area contributed by atoms with Crippen molar-refractivity contribution < 1.29 is 14.6 Å². The number of benzene rings is 3. The van der Waals surface area contributed by atoms with E-state index in [0.717, 1.165) is 22.3 Å². The van der Waals surface area contributed by atoms with Crippen molar-refractivity contribution >= 4 is 6.08 Å². The SMILES string of the molecule is COc1cc(C/C=C/c2ccccc2)c(C(O)c2ccccc2)cc1OC. The van der Waals surface area contributed by atoms with E-state index in [1.165, 1.54) is 0 Å². The molecule has 0 aliphatic rings. The molecule has 138 valence electrons. The zero-order chi connectivity index (χ0) is 19.1. The maximum atomic E-state index is 11.0. The minimum atomic E-state index is -0.730. The van der Waals surface area contributed by atoms with E-state index in [0.29, 0.717) is 17.9 Å². The van der Waals surface area contributed by atoms with Crippen LogP contribution in [0, 0.1) is 0 Å². The fourth-order valence-corrected chi connectivity index (χ4v) is 3.07. The van der Waals surface area contributed by atoms with Gasteiger partial charge in [0, 0.05) is 0 Å². The highest BCUT2D eigenvalue weighted by atomic mass is 16.5. The number of aliphatic hydroxyl groups excluding tert-OH is 1. The van der Waals surface area contributed by atoms with Gasteiger partial charge >= 0.3 is 0 Å². The van der Waals surface area contributed by atoms with Crippen LogP contribution in [0.2, 0.25) is 0 Å². The molecule has 3 aromatic rings. The molecule has 0 heterocycles. The van der Waals surface area contributed by atoms with Crippen molar-refractivity contribution in [2.24, 2.45) is 0 Å². The van der Waals surface area contributed by atoms with Crippen LogP contribution in [-0.4, -0.2) is 19.3 Å². The summed E-state index contributed by atoms with van der Waals surface area (Å²) in [6.45, 7) is 0. The Labute approximate surface area is 160 Å². The molecule has 3 aromatic carbocycles. The lowest BCUT2D eigenvalue weighted by molar-refractivity contribution is 0.218. The van der Waals surface area contributed by atoms with Gasteiger partial charge in [0.15, 0.2) is 11.5 Å². The third-order valence-electron chi connectivity index (χ3n) is 4.50. The standard InChI is InChI=1S/C24H24O3/c1-26-22-16-20(15-9-12-18-10-5-3-6-11-18)21(17-23(22)27-2)24(25)19-13-7-4-8-14-19/h3-14,16-17,24-25H,15H2,1-2H3/b12-9+. The summed E-state index contributed by atoms with van der Waals surface area (Å²) in [5.41, 5.74) is 3.80. The summed E-state index contributed by atoms with van der Waals surface area (Å²) in [7, 11) is 3.22. The van der Waals surface area contributed by atoms with Crippen LogP contribution in [0.15, 0.2) is 78.9 Å². The van der Waals surface area contributed by atoms with Gasteiger partial charge in [-0.05, 0) is 40.8 Å². The molecule has 0 amide bonds. The van der Waals surface area contributed by atoms with Gasteiger partial charge in [0.05, 0.1) is 14.2 Å². The van der Waals surface area contributed by atoms with Gasteiger partial charge in [-0.15, -0.1) is 0 Å². The van der Waals surface area contributed by atoms with Crippen molar-refractivity contribution in [3.05, 3.63) is 101 Å². The van der Waals surface area contributed by atoms with E-state index in [1.54, 1.807) is 14.2 Å². The maximum absolute atomic E-state index is 11.0. The number of hydrogen-bond donors (Lipinski definition) is 1. The third-order valence-corrected chi connectivity index (χ3v) is 4.50. The third kappa shape index (κ3) is 4.57. The van der Waals surface area contributed by atoms with Gasteiger partial charge in [-0.3, -0.25) is 0 Å². The lowest BCUT2D eigenvalue weighted by atomic mass is 9.94. The van der Waals surface area contributed by atoms with Crippen molar-refractivity contribution in [3.63, 3.8) is 0 Å². The van der Waals surface area contributed by atoms with E-state index in [2.05, 4.69) is 24.3 Å². The lowest BCUT2D eigenvalue weighted by Crippen LogP contribution is -2.05. The maximum Gasteiger partial charge on any atom is 0.161 e. The largest absolute Gasteiger partial charge is 0.493 e. The topological polar surface area (TPSA) is 38.7 Å². The van der Waals surface area contributed by atoms with E-state index < -0.39 is 6.10 Å². The number of ether oxygens (including phenoxy) is 2. The molecule has 3 nitrogen and oxygen atoms in total. The van der Waals surface area contributed by atoms with Crippen molar-refractivity contribution in [2.75, 3.05) is 14.2 Å². The molecule has 1 atom stereocenters. The van der Waals surface area contributed by atoms with E-state index in [1.807, 2.05) is 60.7 Å². The van der Waals surface area contributed by atoms with Crippen molar-refractivity contribution in [2.45, 2.75) is 12.5 Å². The summed E-state index contributed by atoms with van der Waals surface area (Å²) in [6, 6.07) is 23.6. The predicted molar refractivity (Wildman–Crippen MR) is 109 cm³/mol. The molecule has 1 unspecified atom stereocenters. The quantitative estimate of drug-likeness (QED) is 0.641. The number of hydrogen-bond acceptors (Lipinski definition) is 3. The predicted octanol–water partition coefficient (Wildman–Crippen LogP) is 5.04. The second-order valence-corrected chi connectivity index (χ2v) is 6.24. The molecule has 1 N–H and O–H groups in total. The summed E-state index contributed by atoms with van der Waals surface area (Å²) < 4.78 is 10.9. The highest BCUT2D eigenvalue weighted by Crippen LogP contribution is 2.35. The number of allylic oxidation sites excluding steroid dienone is 1. The first kappa shape index (κ1) is 18.7. The monoisotopic (exact) mass is 360 g/mol. The fourth-order valence-electron chi connectivity index (χ4n) is 3.07. The molecule has 0 aromatic heterocycles. The Balaban J connectivity index is 1.96. The smallest absolute Gasteiger partial charge is 0.161 e. The Morgan fingerprint density at radius 2 is 1.44 bits per heavy atom. The fraction of sp³-hybridized carbons (Fsp3) is 0.167. The molecule has 0 saturated heterocycles. The molecule has 0 bridgehead atoms. The van der Waals surface area contributed by atoms with Crippen LogP contribution in [0.25, 0.3) is 6.08 Å². The molecule has 0 aliphatic carbocycles. The normalized spacial score (nSPS) is 12.1. The first-order valence-corrected chi connectivity index (χ1v) is 8.92. The Morgan fingerprint density at radius 1 is 0.852 bits per heavy atom. The van der Waals surface area contributed by atoms with E-state index in [4.69, 9.17) is 9.47 Å². The van der Waals surface area contributed by atoms with Crippen LogP contribution in [0.5, 0.6) is 11.5 Å². The molecular weight excluding hydrogens is 336 g/mol. The first-order valence-electron chi connectivity index (χ1n) is 8.92. The summed E-state index contributed by atoms with van der Waals surface area (Å²) >= 11 is 0. The summed E-state index contributed by atoms with van der Waals surface area (Å²) in [5.74, 6) is 1.27. The highest BCUT2D eigenvalue weighted by molar-refractivity contribution is 5.53. The minimum absolute atomic E-state index is 0.610. The Bertz CT molecular complexity index is 886. The van der Waals surface area contributed by atoms with Crippen LogP contribution < -0.4 is 9.47 Å². The summed E-state index contributed by atoms with van der Waals surface area (Å²) in [6.07, 6.45) is 4.12.